The number of ether oxygens (including phenoxy) is 2. The van der Waals surface area contributed by atoms with Gasteiger partial charge in [-0.15, -0.1) is 0 Å². The topological polar surface area (TPSA) is 38.7 Å². The first-order valence-electron chi connectivity index (χ1n) is 7.31. The van der Waals surface area contributed by atoms with Gasteiger partial charge in [0, 0.05) is 19.3 Å². The molecule has 1 aromatic carbocycles. The van der Waals surface area contributed by atoms with Crippen LogP contribution in [0.2, 0.25) is 0 Å². The Morgan fingerprint density at radius 3 is 2.63 bits per heavy atom. The minimum atomic E-state index is -0.483. The highest BCUT2D eigenvalue weighted by Gasteiger charge is 2.44. The van der Waals surface area contributed by atoms with Crippen molar-refractivity contribution in [1.82, 2.24) is 0 Å². The predicted molar refractivity (Wildman–Crippen MR) is 72.8 cm³/mol. The number of hydrogen-bond donors (Lipinski definition) is 1. The Bertz CT molecular complexity index is 398. The largest absolute Gasteiger partial charge is 0.390 e. The van der Waals surface area contributed by atoms with Crippen LogP contribution in [0.1, 0.15) is 37.7 Å². The molecule has 1 spiro atoms. The van der Waals surface area contributed by atoms with E-state index >= 15 is 0 Å². The van der Waals surface area contributed by atoms with Crippen molar-refractivity contribution in [3.05, 3.63) is 35.9 Å². The maximum absolute atomic E-state index is 10.3. The molecular formula is C16H22O3. The van der Waals surface area contributed by atoms with E-state index in [0.29, 0.717) is 13.0 Å². The number of aliphatic hydroxyl groups is 1. The molecule has 3 rings (SSSR count). The van der Waals surface area contributed by atoms with Gasteiger partial charge in [0.25, 0.3) is 0 Å². The van der Waals surface area contributed by atoms with E-state index in [1.165, 1.54) is 19.3 Å². The van der Waals surface area contributed by atoms with Crippen LogP contribution < -0.4 is 0 Å². The lowest BCUT2D eigenvalue weighted by Gasteiger charge is -2.32. The Labute approximate surface area is 114 Å². The molecule has 1 aromatic rings. The fraction of sp³-hybridized carbons (Fsp3) is 0.625. The Morgan fingerprint density at radius 1 is 1.16 bits per heavy atom. The van der Waals surface area contributed by atoms with Gasteiger partial charge in [0.1, 0.15) is 6.10 Å². The van der Waals surface area contributed by atoms with E-state index in [1.54, 1.807) is 0 Å². The molecule has 0 radical (unpaired) electrons. The van der Waals surface area contributed by atoms with Crippen LogP contribution >= 0.6 is 0 Å². The molecular weight excluding hydrogens is 240 g/mol. The van der Waals surface area contributed by atoms with Crippen LogP contribution in [0.15, 0.2) is 30.3 Å². The van der Waals surface area contributed by atoms with Crippen LogP contribution in [0.3, 0.4) is 0 Å². The average molecular weight is 262 g/mol. The Balaban J connectivity index is 1.58. The summed E-state index contributed by atoms with van der Waals surface area (Å²) in [7, 11) is 0. The fourth-order valence-electron chi connectivity index (χ4n) is 3.11. The third-order valence-corrected chi connectivity index (χ3v) is 4.21. The molecule has 19 heavy (non-hydrogen) atoms. The molecule has 1 saturated heterocycles. The summed E-state index contributed by atoms with van der Waals surface area (Å²) in [5, 5.41) is 10.3. The first-order valence-corrected chi connectivity index (χ1v) is 7.31. The zero-order chi connectivity index (χ0) is 13.1. The highest BCUT2D eigenvalue weighted by molar-refractivity contribution is 5.15. The number of aliphatic hydroxyl groups excluding tert-OH is 1. The smallest absolute Gasteiger partial charge is 0.169 e. The van der Waals surface area contributed by atoms with E-state index in [0.717, 1.165) is 18.4 Å². The first kappa shape index (κ1) is 13.1. The second-order valence-electron chi connectivity index (χ2n) is 5.70. The lowest BCUT2D eigenvalue weighted by atomic mass is 9.94. The van der Waals surface area contributed by atoms with E-state index in [2.05, 4.69) is 0 Å². The predicted octanol–water partition coefficient (Wildman–Crippen LogP) is 2.67. The second kappa shape index (κ2) is 5.61. The normalized spacial score (nSPS) is 27.5. The molecule has 2 fully saturated rings. The van der Waals surface area contributed by atoms with Gasteiger partial charge < -0.3 is 14.6 Å². The summed E-state index contributed by atoms with van der Waals surface area (Å²) in [5.41, 5.74) is 1.14. The second-order valence-corrected chi connectivity index (χ2v) is 5.70. The third kappa shape index (κ3) is 2.99. The molecule has 3 nitrogen and oxygen atoms in total. The quantitative estimate of drug-likeness (QED) is 0.910. The molecule has 0 bridgehead atoms. The molecule has 1 aliphatic carbocycles. The van der Waals surface area contributed by atoms with E-state index in [-0.39, 0.29) is 11.9 Å². The van der Waals surface area contributed by atoms with E-state index in [4.69, 9.17) is 9.47 Å². The van der Waals surface area contributed by atoms with Crippen molar-refractivity contribution in [1.29, 1.82) is 0 Å². The molecule has 0 aromatic heterocycles. The number of rotatable bonds is 3. The summed E-state index contributed by atoms with van der Waals surface area (Å²) in [4.78, 5) is 0. The van der Waals surface area contributed by atoms with Gasteiger partial charge in [0.2, 0.25) is 0 Å². The zero-order valence-corrected chi connectivity index (χ0v) is 11.3. The highest BCUT2D eigenvalue weighted by atomic mass is 16.7. The molecule has 2 aliphatic rings. The molecule has 0 amide bonds. The molecule has 1 N–H and O–H groups in total. The number of hydrogen-bond acceptors (Lipinski definition) is 3. The van der Waals surface area contributed by atoms with Gasteiger partial charge in [-0.05, 0) is 18.4 Å². The maximum Gasteiger partial charge on any atom is 0.169 e. The minimum Gasteiger partial charge on any atom is -0.390 e. The van der Waals surface area contributed by atoms with E-state index in [9.17, 15) is 5.11 Å². The molecule has 3 heteroatoms. The molecule has 1 heterocycles. The van der Waals surface area contributed by atoms with Gasteiger partial charge in [-0.25, -0.2) is 0 Å². The highest BCUT2D eigenvalue weighted by Crippen LogP contribution is 2.38. The summed E-state index contributed by atoms with van der Waals surface area (Å²) in [6.07, 6.45) is 5.52. The fourth-order valence-corrected chi connectivity index (χ4v) is 3.11. The maximum atomic E-state index is 10.3. The summed E-state index contributed by atoms with van der Waals surface area (Å²) in [6, 6.07) is 10.1. The Hall–Kier alpha value is -0.900. The van der Waals surface area contributed by atoms with Crippen molar-refractivity contribution in [2.45, 2.75) is 56.5 Å². The van der Waals surface area contributed by atoms with Gasteiger partial charge in [0.05, 0.1) is 12.7 Å². The lowest BCUT2D eigenvalue weighted by molar-refractivity contribution is -0.195. The van der Waals surface area contributed by atoms with Crippen molar-refractivity contribution >= 4 is 0 Å². The lowest BCUT2D eigenvalue weighted by Crippen LogP contribution is -2.36. The van der Waals surface area contributed by atoms with Crippen LogP contribution in [-0.4, -0.2) is 29.7 Å². The summed E-state index contributed by atoms with van der Waals surface area (Å²) < 4.78 is 11.9. The molecule has 1 saturated carbocycles. The summed E-state index contributed by atoms with van der Waals surface area (Å²) in [6.45, 7) is 0.522. The number of benzene rings is 1. The Morgan fingerprint density at radius 2 is 1.89 bits per heavy atom. The van der Waals surface area contributed by atoms with Gasteiger partial charge >= 0.3 is 0 Å². The minimum absolute atomic E-state index is 0.182. The van der Waals surface area contributed by atoms with Crippen molar-refractivity contribution in [3.8, 4) is 0 Å². The van der Waals surface area contributed by atoms with Crippen molar-refractivity contribution < 1.29 is 14.6 Å². The molecule has 104 valence electrons. The van der Waals surface area contributed by atoms with Crippen molar-refractivity contribution in [3.63, 3.8) is 0 Å². The van der Waals surface area contributed by atoms with E-state index < -0.39 is 6.10 Å². The van der Waals surface area contributed by atoms with Crippen LogP contribution in [-0.2, 0) is 15.9 Å². The third-order valence-electron chi connectivity index (χ3n) is 4.21. The van der Waals surface area contributed by atoms with Gasteiger partial charge in [-0.1, -0.05) is 36.8 Å². The SMILES string of the molecule is OC(Cc1ccccc1)[C@H]1COC2(CCCCC2)O1. The van der Waals surface area contributed by atoms with Crippen LogP contribution in [0, 0.1) is 0 Å². The van der Waals surface area contributed by atoms with Crippen LogP contribution in [0.4, 0.5) is 0 Å². The summed E-state index contributed by atoms with van der Waals surface area (Å²) >= 11 is 0. The first-order chi connectivity index (χ1) is 9.27. The van der Waals surface area contributed by atoms with E-state index in [1.807, 2.05) is 30.3 Å². The molecule has 1 aliphatic heterocycles. The molecule has 2 atom stereocenters. The van der Waals surface area contributed by atoms with Crippen molar-refractivity contribution in [2.24, 2.45) is 0 Å². The van der Waals surface area contributed by atoms with Crippen molar-refractivity contribution in [2.75, 3.05) is 6.61 Å². The van der Waals surface area contributed by atoms with Gasteiger partial charge in [-0.2, -0.15) is 0 Å². The summed E-state index contributed by atoms with van der Waals surface area (Å²) in [5.74, 6) is -0.388. The Kier molecular flexibility index (Phi) is 3.87. The zero-order valence-electron chi connectivity index (χ0n) is 11.3. The van der Waals surface area contributed by atoms with Crippen LogP contribution in [0.25, 0.3) is 0 Å². The van der Waals surface area contributed by atoms with Gasteiger partial charge in [-0.3, -0.25) is 0 Å². The monoisotopic (exact) mass is 262 g/mol. The average Bonchev–Trinajstić information content (AvgIpc) is 2.85. The standard InChI is InChI=1S/C16H22O3/c17-14(11-13-7-3-1-4-8-13)15-12-18-16(19-15)9-5-2-6-10-16/h1,3-4,7-8,14-15,17H,2,5-6,9-12H2/t14?,15-/m1/s1. The van der Waals surface area contributed by atoms with Gasteiger partial charge in [0.15, 0.2) is 5.79 Å². The van der Waals surface area contributed by atoms with Crippen LogP contribution in [0.5, 0.6) is 0 Å². The molecule has 1 unspecified atom stereocenters.